The number of halogens is 1. The Labute approximate surface area is 140 Å². The maximum absolute atomic E-state index is 13.2. The summed E-state index contributed by atoms with van der Waals surface area (Å²) >= 11 is 0. The highest BCUT2D eigenvalue weighted by Crippen LogP contribution is 2.15. The summed E-state index contributed by atoms with van der Waals surface area (Å²) in [4.78, 5) is 8.54. The first kappa shape index (κ1) is 15.9. The molecule has 0 unspecified atom stereocenters. The first-order valence-electron chi connectivity index (χ1n) is 7.93. The van der Waals surface area contributed by atoms with Gasteiger partial charge in [0.2, 0.25) is 5.95 Å². The Kier molecular flexibility index (Phi) is 5.35. The summed E-state index contributed by atoms with van der Waals surface area (Å²) in [6, 6.07) is 18.4. The molecule has 0 aliphatic carbocycles. The summed E-state index contributed by atoms with van der Waals surface area (Å²) in [5, 5.41) is 6.29. The van der Waals surface area contributed by atoms with Gasteiger partial charge in [0.15, 0.2) is 0 Å². The van der Waals surface area contributed by atoms with Gasteiger partial charge in [-0.05, 0) is 42.7 Å². The number of anilines is 3. The third kappa shape index (κ3) is 4.78. The molecule has 0 radical (unpaired) electrons. The van der Waals surface area contributed by atoms with Gasteiger partial charge in [0, 0.05) is 18.4 Å². The van der Waals surface area contributed by atoms with Crippen molar-refractivity contribution in [3.05, 3.63) is 78.2 Å². The number of nitrogens with zero attached hydrogens (tertiary/aromatic N) is 2. The molecule has 0 aliphatic heterocycles. The summed E-state index contributed by atoms with van der Waals surface area (Å²) in [5.74, 6) is 0.890. The molecule has 2 N–H and O–H groups in total. The van der Waals surface area contributed by atoms with Crippen molar-refractivity contribution >= 4 is 17.5 Å². The van der Waals surface area contributed by atoms with Crippen LogP contribution in [0.15, 0.2) is 66.9 Å². The fourth-order valence-corrected chi connectivity index (χ4v) is 2.37. The van der Waals surface area contributed by atoms with E-state index in [4.69, 9.17) is 0 Å². The van der Waals surface area contributed by atoms with Gasteiger partial charge in [-0.15, -0.1) is 0 Å². The first-order chi connectivity index (χ1) is 11.8. The Morgan fingerprint density at radius 3 is 2.67 bits per heavy atom. The predicted molar refractivity (Wildman–Crippen MR) is 95.0 cm³/mol. The molecule has 122 valence electrons. The molecule has 1 heterocycles. The lowest BCUT2D eigenvalue weighted by molar-refractivity contribution is 0.628. The van der Waals surface area contributed by atoms with Crippen molar-refractivity contribution < 1.29 is 4.39 Å². The Balaban J connectivity index is 1.51. The van der Waals surface area contributed by atoms with Crippen LogP contribution in [-0.2, 0) is 6.42 Å². The molecule has 3 rings (SSSR count). The molecular weight excluding hydrogens is 303 g/mol. The van der Waals surface area contributed by atoms with Crippen molar-refractivity contribution in [1.82, 2.24) is 9.97 Å². The van der Waals surface area contributed by atoms with E-state index in [2.05, 4.69) is 44.9 Å². The first-order valence-corrected chi connectivity index (χ1v) is 7.93. The second-order valence-corrected chi connectivity index (χ2v) is 5.42. The molecule has 4 nitrogen and oxygen atoms in total. The van der Waals surface area contributed by atoms with Crippen LogP contribution in [-0.4, -0.2) is 16.5 Å². The molecule has 3 aromatic rings. The predicted octanol–water partition coefficient (Wildman–Crippen LogP) is 4.40. The molecule has 24 heavy (non-hydrogen) atoms. The lowest BCUT2D eigenvalue weighted by atomic mass is 10.1. The zero-order valence-corrected chi connectivity index (χ0v) is 13.2. The van der Waals surface area contributed by atoms with E-state index in [0.717, 1.165) is 25.2 Å². The molecule has 0 aliphatic rings. The highest BCUT2D eigenvalue weighted by atomic mass is 19.1. The minimum Gasteiger partial charge on any atom is -0.370 e. The molecule has 0 saturated carbocycles. The Morgan fingerprint density at radius 1 is 0.958 bits per heavy atom. The van der Waals surface area contributed by atoms with Crippen LogP contribution in [0.5, 0.6) is 0 Å². The number of aromatic nitrogens is 2. The van der Waals surface area contributed by atoms with E-state index < -0.39 is 0 Å². The Hall–Kier alpha value is -2.95. The highest BCUT2D eigenvalue weighted by Gasteiger charge is 2.01. The Bertz CT molecular complexity index is 777. The van der Waals surface area contributed by atoms with Crippen LogP contribution in [0.4, 0.5) is 21.8 Å². The summed E-state index contributed by atoms with van der Waals surface area (Å²) < 4.78 is 13.2. The minimum atomic E-state index is -0.296. The molecule has 0 spiro atoms. The van der Waals surface area contributed by atoms with Crippen molar-refractivity contribution in [3.8, 4) is 0 Å². The van der Waals surface area contributed by atoms with Gasteiger partial charge in [-0.1, -0.05) is 36.4 Å². The van der Waals surface area contributed by atoms with Crippen molar-refractivity contribution in [2.45, 2.75) is 12.8 Å². The van der Waals surface area contributed by atoms with Crippen molar-refractivity contribution in [2.24, 2.45) is 0 Å². The maximum Gasteiger partial charge on any atom is 0.229 e. The molecule has 0 saturated heterocycles. The number of aryl methyl sites for hydroxylation is 1. The van der Waals surface area contributed by atoms with Gasteiger partial charge in [-0.3, -0.25) is 0 Å². The van der Waals surface area contributed by atoms with Gasteiger partial charge in [-0.25, -0.2) is 9.37 Å². The van der Waals surface area contributed by atoms with Crippen LogP contribution in [0.3, 0.4) is 0 Å². The van der Waals surface area contributed by atoms with Gasteiger partial charge in [0.1, 0.15) is 11.6 Å². The smallest absolute Gasteiger partial charge is 0.229 e. The second-order valence-electron chi connectivity index (χ2n) is 5.42. The zero-order chi connectivity index (χ0) is 16.6. The van der Waals surface area contributed by atoms with E-state index in [0.29, 0.717) is 11.6 Å². The van der Waals surface area contributed by atoms with Crippen molar-refractivity contribution in [1.29, 1.82) is 0 Å². The van der Waals surface area contributed by atoms with Crippen LogP contribution < -0.4 is 10.6 Å². The number of benzene rings is 2. The SMILES string of the molecule is Fc1cccc(Nc2nccc(NCCCc3ccccc3)n2)c1. The minimum absolute atomic E-state index is 0.296. The van der Waals surface area contributed by atoms with Crippen molar-refractivity contribution in [3.63, 3.8) is 0 Å². The number of rotatable bonds is 7. The average Bonchev–Trinajstić information content (AvgIpc) is 2.60. The van der Waals surface area contributed by atoms with E-state index in [-0.39, 0.29) is 5.82 Å². The van der Waals surface area contributed by atoms with E-state index in [9.17, 15) is 4.39 Å². The standard InChI is InChI=1S/C19H19FN4/c20-16-9-4-10-17(14-16)23-19-22-13-11-18(24-19)21-12-5-8-15-6-2-1-3-7-15/h1-4,6-7,9-11,13-14H,5,8,12H2,(H2,21,22,23,24). The zero-order valence-electron chi connectivity index (χ0n) is 13.2. The van der Waals surface area contributed by atoms with Gasteiger partial charge >= 0.3 is 0 Å². The summed E-state index contributed by atoms with van der Waals surface area (Å²) in [5.41, 5.74) is 1.95. The molecule has 0 amide bonds. The molecule has 0 bridgehead atoms. The molecule has 0 fully saturated rings. The normalized spacial score (nSPS) is 10.4. The van der Waals surface area contributed by atoms with Crippen LogP contribution in [0, 0.1) is 5.82 Å². The largest absolute Gasteiger partial charge is 0.370 e. The summed E-state index contributed by atoms with van der Waals surface area (Å²) in [6.07, 6.45) is 3.71. The maximum atomic E-state index is 13.2. The number of hydrogen-bond donors (Lipinski definition) is 2. The van der Waals surface area contributed by atoms with Crippen LogP contribution in [0.2, 0.25) is 0 Å². The van der Waals surface area contributed by atoms with Gasteiger partial charge < -0.3 is 10.6 Å². The molecule has 1 aromatic heterocycles. The fraction of sp³-hybridized carbons (Fsp3) is 0.158. The molecule has 5 heteroatoms. The fourth-order valence-electron chi connectivity index (χ4n) is 2.37. The topological polar surface area (TPSA) is 49.8 Å². The van der Waals surface area contributed by atoms with Crippen LogP contribution >= 0.6 is 0 Å². The second kappa shape index (κ2) is 8.06. The molecule has 2 aromatic carbocycles. The number of hydrogen-bond acceptors (Lipinski definition) is 4. The lowest BCUT2D eigenvalue weighted by Gasteiger charge is -2.08. The quantitative estimate of drug-likeness (QED) is 0.633. The molecule has 0 atom stereocenters. The third-order valence-electron chi connectivity index (χ3n) is 3.53. The van der Waals surface area contributed by atoms with Gasteiger partial charge in [0.05, 0.1) is 0 Å². The van der Waals surface area contributed by atoms with Crippen LogP contribution in [0.1, 0.15) is 12.0 Å². The van der Waals surface area contributed by atoms with Gasteiger partial charge in [0.25, 0.3) is 0 Å². The van der Waals surface area contributed by atoms with Crippen LogP contribution in [0.25, 0.3) is 0 Å². The van der Waals surface area contributed by atoms with E-state index in [1.807, 2.05) is 12.1 Å². The summed E-state index contributed by atoms with van der Waals surface area (Å²) in [6.45, 7) is 0.825. The van der Waals surface area contributed by atoms with Gasteiger partial charge in [-0.2, -0.15) is 4.98 Å². The Morgan fingerprint density at radius 2 is 1.83 bits per heavy atom. The lowest BCUT2D eigenvalue weighted by Crippen LogP contribution is -2.06. The highest BCUT2D eigenvalue weighted by molar-refractivity contribution is 5.54. The molecular formula is C19H19FN4. The van der Waals surface area contributed by atoms with E-state index in [1.54, 1.807) is 18.3 Å². The summed E-state index contributed by atoms with van der Waals surface area (Å²) in [7, 11) is 0. The van der Waals surface area contributed by atoms with E-state index >= 15 is 0 Å². The van der Waals surface area contributed by atoms with E-state index in [1.165, 1.54) is 17.7 Å². The van der Waals surface area contributed by atoms with Crippen molar-refractivity contribution in [2.75, 3.05) is 17.2 Å². The monoisotopic (exact) mass is 322 g/mol. The number of nitrogens with one attached hydrogen (secondary N) is 2. The third-order valence-corrected chi connectivity index (χ3v) is 3.53. The average molecular weight is 322 g/mol.